The summed E-state index contributed by atoms with van der Waals surface area (Å²) in [4.78, 5) is 32.1. The second-order valence-corrected chi connectivity index (χ2v) is 10.3. The number of aromatic nitrogens is 1. The number of ether oxygens (including phenoxy) is 1. The molecule has 2 amide bonds. The molecule has 0 aliphatic heterocycles. The predicted octanol–water partition coefficient (Wildman–Crippen LogP) is 6.23. The van der Waals surface area contributed by atoms with E-state index in [9.17, 15) is 9.59 Å². The van der Waals surface area contributed by atoms with Gasteiger partial charge in [-0.3, -0.25) is 9.59 Å². The molecule has 0 saturated heterocycles. The van der Waals surface area contributed by atoms with E-state index in [-0.39, 0.29) is 5.91 Å². The zero-order chi connectivity index (χ0) is 25.2. The number of carbonyl (C=O) groups is 2. The summed E-state index contributed by atoms with van der Waals surface area (Å²) in [6.45, 7) is 2.20. The van der Waals surface area contributed by atoms with Crippen LogP contribution in [0.1, 0.15) is 57.3 Å². The van der Waals surface area contributed by atoms with Gasteiger partial charge in [-0.25, -0.2) is 4.98 Å². The number of nitrogens with two attached hydrogens (primary N) is 1. The standard InChI is InChI=1S/C29H29N3O3S/c1-3-6-17-9-14-21-25(15-17)36-29(26(21)27(30)33)32-28(34)22-16-24(18-10-12-19(35-2)13-11-18)31-23-8-5-4-7-20(22)23/h4-5,7-8,10-13,16-17H,3,6,9,14-15H2,1-2H3,(H2,30,33)(H,32,34)/t17-/m1/s1. The number of rotatable bonds is 7. The maximum absolute atomic E-state index is 13.7. The third kappa shape index (κ3) is 4.58. The van der Waals surface area contributed by atoms with Crippen LogP contribution in [0.3, 0.4) is 0 Å². The van der Waals surface area contributed by atoms with Crippen molar-refractivity contribution in [2.45, 2.75) is 39.0 Å². The molecule has 0 radical (unpaired) electrons. The summed E-state index contributed by atoms with van der Waals surface area (Å²) < 4.78 is 5.27. The van der Waals surface area contributed by atoms with E-state index in [1.807, 2.05) is 48.5 Å². The zero-order valence-corrected chi connectivity index (χ0v) is 21.3. The molecular formula is C29H29N3O3S. The molecule has 3 N–H and O–H groups in total. The molecule has 0 fully saturated rings. The average Bonchev–Trinajstić information content (AvgIpc) is 3.25. The number of nitrogens with one attached hydrogen (secondary N) is 1. The number of nitrogens with zero attached hydrogens (tertiary/aromatic N) is 1. The fraction of sp³-hybridized carbons (Fsp3) is 0.276. The fourth-order valence-corrected chi connectivity index (χ4v) is 6.46. The molecule has 0 saturated carbocycles. The highest BCUT2D eigenvalue weighted by molar-refractivity contribution is 7.17. The van der Waals surface area contributed by atoms with Gasteiger partial charge in [-0.1, -0.05) is 38.0 Å². The number of primary amides is 1. The third-order valence-electron chi connectivity index (χ3n) is 6.88. The van der Waals surface area contributed by atoms with Gasteiger partial charge in [0.15, 0.2) is 0 Å². The summed E-state index contributed by atoms with van der Waals surface area (Å²) in [5.74, 6) is 0.589. The molecule has 184 valence electrons. The Labute approximate surface area is 214 Å². The first-order chi connectivity index (χ1) is 17.5. The molecule has 0 spiro atoms. The van der Waals surface area contributed by atoms with Crippen molar-refractivity contribution in [3.63, 3.8) is 0 Å². The average molecular weight is 500 g/mol. The molecule has 1 aliphatic rings. The molecule has 0 bridgehead atoms. The minimum atomic E-state index is -0.491. The second kappa shape index (κ2) is 10.1. The SMILES string of the molecule is CCC[C@@H]1CCc2c(sc(NC(=O)c3cc(-c4ccc(OC)cc4)nc4ccccc34)c2C(N)=O)C1. The van der Waals surface area contributed by atoms with Crippen molar-refractivity contribution in [1.82, 2.24) is 4.98 Å². The molecule has 7 heteroatoms. The number of methoxy groups -OCH3 is 1. The first-order valence-corrected chi connectivity index (χ1v) is 13.1. The Morgan fingerprint density at radius 1 is 1.17 bits per heavy atom. The summed E-state index contributed by atoms with van der Waals surface area (Å²) in [6, 6.07) is 16.9. The van der Waals surface area contributed by atoms with Crippen LogP contribution >= 0.6 is 11.3 Å². The third-order valence-corrected chi connectivity index (χ3v) is 8.05. The van der Waals surface area contributed by atoms with Crippen molar-refractivity contribution >= 4 is 39.1 Å². The van der Waals surface area contributed by atoms with Gasteiger partial charge in [0.1, 0.15) is 10.8 Å². The van der Waals surface area contributed by atoms with E-state index in [0.717, 1.165) is 53.5 Å². The number of hydrogen-bond acceptors (Lipinski definition) is 5. The van der Waals surface area contributed by atoms with Gasteiger partial charge in [-0.05, 0) is 67.1 Å². The number of anilines is 1. The van der Waals surface area contributed by atoms with E-state index in [1.165, 1.54) is 22.6 Å². The van der Waals surface area contributed by atoms with E-state index in [4.69, 9.17) is 15.5 Å². The first-order valence-electron chi connectivity index (χ1n) is 12.3. The van der Waals surface area contributed by atoms with Crippen LogP contribution in [0.25, 0.3) is 22.2 Å². The highest BCUT2D eigenvalue weighted by atomic mass is 32.1. The van der Waals surface area contributed by atoms with Crippen molar-refractivity contribution in [2.24, 2.45) is 11.7 Å². The Morgan fingerprint density at radius 2 is 1.94 bits per heavy atom. The van der Waals surface area contributed by atoms with Crippen molar-refractivity contribution in [2.75, 3.05) is 12.4 Å². The quantitative estimate of drug-likeness (QED) is 0.315. The van der Waals surface area contributed by atoms with E-state index < -0.39 is 5.91 Å². The predicted molar refractivity (Wildman–Crippen MR) is 145 cm³/mol. The number of hydrogen-bond donors (Lipinski definition) is 2. The Hall–Kier alpha value is -3.71. The van der Waals surface area contributed by atoms with E-state index >= 15 is 0 Å². The number of amides is 2. The lowest BCUT2D eigenvalue weighted by Crippen LogP contribution is -2.20. The van der Waals surface area contributed by atoms with Crippen LogP contribution < -0.4 is 15.8 Å². The number of pyridine rings is 1. The summed E-state index contributed by atoms with van der Waals surface area (Å²) in [6.07, 6.45) is 5.12. The Kier molecular flexibility index (Phi) is 6.74. The van der Waals surface area contributed by atoms with Gasteiger partial charge in [0.2, 0.25) is 0 Å². The molecule has 2 aromatic carbocycles. The maximum atomic E-state index is 13.7. The number of benzene rings is 2. The van der Waals surface area contributed by atoms with E-state index in [0.29, 0.717) is 27.7 Å². The highest BCUT2D eigenvalue weighted by Gasteiger charge is 2.29. The largest absolute Gasteiger partial charge is 0.497 e. The smallest absolute Gasteiger partial charge is 0.257 e. The Balaban J connectivity index is 1.53. The topological polar surface area (TPSA) is 94.3 Å². The first kappa shape index (κ1) is 24.0. The van der Waals surface area contributed by atoms with Crippen molar-refractivity contribution in [3.05, 3.63) is 76.2 Å². The minimum absolute atomic E-state index is 0.283. The molecule has 4 aromatic rings. The number of fused-ring (bicyclic) bond motifs is 2. The molecule has 0 unspecified atom stereocenters. The van der Waals surface area contributed by atoms with Crippen LogP contribution in [0.15, 0.2) is 54.6 Å². The van der Waals surface area contributed by atoms with Gasteiger partial charge in [0, 0.05) is 15.8 Å². The van der Waals surface area contributed by atoms with Crippen LogP contribution in [0.4, 0.5) is 5.00 Å². The second-order valence-electron chi connectivity index (χ2n) is 9.22. The normalized spacial score (nSPS) is 14.9. The van der Waals surface area contributed by atoms with Gasteiger partial charge >= 0.3 is 0 Å². The molecule has 1 atom stereocenters. The van der Waals surface area contributed by atoms with Gasteiger partial charge in [-0.15, -0.1) is 11.3 Å². The summed E-state index contributed by atoms with van der Waals surface area (Å²) in [5.41, 5.74) is 10.1. The van der Waals surface area contributed by atoms with Crippen LogP contribution in [-0.4, -0.2) is 23.9 Å². The zero-order valence-electron chi connectivity index (χ0n) is 20.5. The molecule has 5 rings (SSSR count). The lowest BCUT2D eigenvalue weighted by Gasteiger charge is -2.21. The van der Waals surface area contributed by atoms with Gasteiger partial charge in [-0.2, -0.15) is 0 Å². The number of carbonyl (C=O) groups excluding carboxylic acids is 2. The van der Waals surface area contributed by atoms with Crippen LogP contribution in [0.2, 0.25) is 0 Å². The van der Waals surface area contributed by atoms with Gasteiger partial charge < -0.3 is 15.8 Å². The Morgan fingerprint density at radius 3 is 2.67 bits per heavy atom. The van der Waals surface area contributed by atoms with E-state index in [1.54, 1.807) is 13.2 Å². The van der Waals surface area contributed by atoms with Gasteiger partial charge in [0.25, 0.3) is 11.8 Å². The van der Waals surface area contributed by atoms with Crippen molar-refractivity contribution in [3.8, 4) is 17.0 Å². The van der Waals surface area contributed by atoms with Crippen LogP contribution in [0, 0.1) is 5.92 Å². The molecule has 1 aliphatic carbocycles. The van der Waals surface area contributed by atoms with Gasteiger partial charge in [0.05, 0.1) is 29.4 Å². The number of thiophene rings is 1. The van der Waals surface area contributed by atoms with Crippen molar-refractivity contribution < 1.29 is 14.3 Å². The maximum Gasteiger partial charge on any atom is 0.257 e. The lowest BCUT2D eigenvalue weighted by molar-refractivity contribution is 0.1000. The van der Waals surface area contributed by atoms with Crippen LogP contribution in [0.5, 0.6) is 5.75 Å². The lowest BCUT2D eigenvalue weighted by atomic mass is 9.84. The summed E-state index contributed by atoms with van der Waals surface area (Å²) in [7, 11) is 1.62. The minimum Gasteiger partial charge on any atom is -0.497 e. The fourth-order valence-electron chi connectivity index (χ4n) is 5.10. The van der Waals surface area contributed by atoms with Crippen molar-refractivity contribution in [1.29, 1.82) is 0 Å². The number of para-hydroxylation sites is 1. The molecule has 36 heavy (non-hydrogen) atoms. The molecular weight excluding hydrogens is 470 g/mol. The summed E-state index contributed by atoms with van der Waals surface area (Å²) >= 11 is 1.49. The molecule has 6 nitrogen and oxygen atoms in total. The highest BCUT2D eigenvalue weighted by Crippen LogP contribution is 2.41. The van der Waals surface area contributed by atoms with Crippen LogP contribution in [-0.2, 0) is 12.8 Å². The summed E-state index contributed by atoms with van der Waals surface area (Å²) in [5, 5.41) is 4.32. The molecule has 2 heterocycles. The molecule has 2 aromatic heterocycles. The monoisotopic (exact) mass is 499 g/mol. The van der Waals surface area contributed by atoms with E-state index in [2.05, 4.69) is 12.2 Å². The Bertz CT molecular complexity index is 1440.